The number of benzene rings is 1. The smallest absolute Gasteiger partial charge is 0.319 e. The van der Waals surface area contributed by atoms with Gasteiger partial charge in [-0.05, 0) is 69.8 Å². The first-order valence-corrected chi connectivity index (χ1v) is 8.38. The van der Waals surface area contributed by atoms with Gasteiger partial charge in [-0.15, -0.1) is 0 Å². The van der Waals surface area contributed by atoms with Crippen LogP contribution >= 0.6 is 0 Å². The summed E-state index contributed by atoms with van der Waals surface area (Å²) in [5, 5.41) is 6.06. The maximum atomic E-state index is 12.1. The second-order valence-corrected chi connectivity index (χ2v) is 6.63. The fraction of sp³-hybridized carbons (Fsp3) is 0.611. The Bertz CT molecular complexity index is 479. The molecule has 4 nitrogen and oxygen atoms in total. The molecule has 1 aromatic carbocycles. The number of hydrogen-bond donors (Lipinski definition) is 2. The van der Waals surface area contributed by atoms with Crippen molar-refractivity contribution in [3.8, 4) is 0 Å². The summed E-state index contributed by atoms with van der Waals surface area (Å²) in [6.45, 7) is 3.27. The molecule has 4 heteroatoms. The molecule has 0 atom stereocenters. The van der Waals surface area contributed by atoms with E-state index in [1.807, 2.05) is 18.2 Å². The molecule has 2 N–H and O–H groups in total. The van der Waals surface area contributed by atoms with E-state index in [0.717, 1.165) is 37.4 Å². The van der Waals surface area contributed by atoms with Crippen molar-refractivity contribution in [2.45, 2.75) is 45.1 Å². The number of urea groups is 1. The lowest BCUT2D eigenvalue weighted by molar-refractivity contribution is 0.223. The van der Waals surface area contributed by atoms with Gasteiger partial charge in [0, 0.05) is 18.3 Å². The highest BCUT2D eigenvalue weighted by molar-refractivity contribution is 5.89. The summed E-state index contributed by atoms with van der Waals surface area (Å²) in [4.78, 5) is 14.4. The number of hydrogen-bond acceptors (Lipinski definition) is 2. The Morgan fingerprint density at radius 3 is 2.59 bits per heavy atom. The summed E-state index contributed by atoms with van der Waals surface area (Å²) in [6.07, 6.45) is 5.55. The minimum Gasteiger partial charge on any atom is -0.335 e. The van der Waals surface area contributed by atoms with E-state index in [9.17, 15) is 4.79 Å². The third kappa shape index (κ3) is 5.34. The maximum absolute atomic E-state index is 12.1. The van der Waals surface area contributed by atoms with E-state index in [2.05, 4.69) is 42.6 Å². The van der Waals surface area contributed by atoms with Gasteiger partial charge in [-0.2, -0.15) is 0 Å². The molecule has 1 fully saturated rings. The number of aryl methyl sites for hydroxylation is 1. The van der Waals surface area contributed by atoms with E-state index < -0.39 is 0 Å². The van der Waals surface area contributed by atoms with Crippen molar-refractivity contribution in [1.29, 1.82) is 0 Å². The summed E-state index contributed by atoms with van der Waals surface area (Å²) in [7, 11) is 4.25. The van der Waals surface area contributed by atoms with Gasteiger partial charge in [0.1, 0.15) is 0 Å². The van der Waals surface area contributed by atoms with E-state index in [0.29, 0.717) is 6.04 Å². The summed E-state index contributed by atoms with van der Waals surface area (Å²) >= 11 is 0. The molecule has 1 saturated carbocycles. The molecule has 2 rings (SSSR count). The SMILES string of the molecule is CCc1cccc(NC(=O)NC2CCC(CN(C)C)CC2)c1. The molecule has 1 aliphatic carbocycles. The van der Waals surface area contributed by atoms with Crippen LogP contribution in [-0.2, 0) is 6.42 Å². The normalized spacial score (nSPS) is 21.6. The van der Waals surface area contributed by atoms with E-state index in [-0.39, 0.29) is 6.03 Å². The van der Waals surface area contributed by atoms with Crippen LogP contribution in [0.4, 0.5) is 10.5 Å². The monoisotopic (exact) mass is 303 g/mol. The predicted octanol–water partition coefficient (Wildman–Crippen LogP) is 3.49. The van der Waals surface area contributed by atoms with E-state index in [4.69, 9.17) is 0 Å². The predicted molar refractivity (Wildman–Crippen MR) is 92.3 cm³/mol. The van der Waals surface area contributed by atoms with Gasteiger partial charge in [0.05, 0.1) is 0 Å². The number of amides is 2. The quantitative estimate of drug-likeness (QED) is 0.874. The van der Waals surface area contributed by atoms with Crippen LogP contribution in [0.1, 0.15) is 38.2 Å². The summed E-state index contributed by atoms with van der Waals surface area (Å²) in [5.74, 6) is 0.775. The Kier molecular flexibility index (Phi) is 6.25. The molecule has 0 radical (unpaired) electrons. The van der Waals surface area contributed by atoms with Crippen LogP contribution in [0, 0.1) is 5.92 Å². The zero-order chi connectivity index (χ0) is 15.9. The van der Waals surface area contributed by atoms with Crippen LogP contribution in [0.25, 0.3) is 0 Å². The molecule has 1 aromatic rings. The molecule has 2 amide bonds. The minimum absolute atomic E-state index is 0.0793. The van der Waals surface area contributed by atoms with Crippen LogP contribution in [0.2, 0.25) is 0 Å². The first kappa shape index (κ1) is 16.8. The Morgan fingerprint density at radius 1 is 1.23 bits per heavy atom. The molecule has 22 heavy (non-hydrogen) atoms. The summed E-state index contributed by atoms with van der Waals surface area (Å²) < 4.78 is 0. The van der Waals surface area contributed by atoms with E-state index in [1.54, 1.807) is 0 Å². The molecule has 122 valence electrons. The van der Waals surface area contributed by atoms with Gasteiger partial charge in [-0.25, -0.2) is 4.79 Å². The number of rotatable bonds is 5. The second-order valence-electron chi connectivity index (χ2n) is 6.63. The first-order valence-electron chi connectivity index (χ1n) is 8.38. The van der Waals surface area contributed by atoms with Gasteiger partial charge in [0.15, 0.2) is 0 Å². The largest absolute Gasteiger partial charge is 0.335 e. The van der Waals surface area contributed by atoms with Gasteiger partial charge in [0.2, 0.25) is 0 Å². The van der Waals surface area contributed by atoms with Gasteiger partial charge in [0.25, 0.3) is 0 Å². The van der Waals surface area contributed by atoms with Gasteiger partial charge >= 0.3 is 6.03 Å². The topological polar surface area (TPSA) is 44.4 Å². The van der Waals surface area contributed by atoms with E-state index in [1.165, 1.54) is 18.4 Å². The number of anilines is 1. The fourth-order valence-electron chi connectivity index (χ4n) is 3.23. The third-order valence-electron chi connectivity index (χ3n) is 4.40. The second kappa shape index (κ2) is 8.18. The third-order valence-corrected chi connectivity index (χ3v) is 4.40. The molecule has 0 aliphatic heterocycles. The van der Waals surface area contributed by atoms with Crippen LogP contribution in [-0.4, -0.2) is 37.6 Å². The van der Waals surface area contributed by atoms with E-state index >= 15 is 0 Å². The van der Waals surface area contributed by atoms with Crippen molar-refractivity contribution in [1.82, 2.24) is 10.2 Å². The van der Waals surface area contributed by atoms with Crippen molar-refractivity contribution < 1.29 is 4.79 Å². The highest BCUT2D eigenvalue weighted by Gasteiger charge is 2.22. The number of nitrogens with one attached hydrogen (secondary N) is 2. The van der Waals surface area contributed by atoms with Gasteiger partial charge in [-0.1, -0.05) is 19.1 Å². The first-order chi connectivity index (χ1) is 10.6. The Balaban J connectivity index is 1.76. The standard InChI is InChI=1S/C18H29N3O/c1-4-14-6-5-7-17(12-14)20-18(22)19-16-10-8-15(9-11-16)13-21(2)3/h5-7,12,15-16H,4,8-11,13H2,1-3H3,(H2,19,20,22). The zero-order valence-corrected chi connectivity index (χ0v) is 14.1. The Morgan fingerprint density at radius 2 is 1.95 bits per heavy atom. The average molecular weight is 303 g/mol. The number of nitrogens with zero attached hydrogens (tertiary/aromatic N) is 1. The van der Waals surface area contributed by atoms with Crippen LogP contribution in [0.15, 0.2) is 24.3 Å². The van der Waals surface area contributed by atoms with Crippen molar-refractivity contribution in [3.05, 3.63) is 29.8 Å². The lowest BCUT2D eigenvalue weighted by Gasteiger charge is -2.30. The molecule has 1 aliphatic rings. The van der Waals surface area contributed by atoms with Crippen LogP contribution in [0.5, 0.6) is 0 Å². The molecule has 0 spiro atoms. The molecular formula is C18H29N3O. The molecule has 0 unspecified atom stereocenters. The Hall–Kier alpha value is -1.55. The van der Waals surface area contributed by atoms with Crippen molar-refractivity contribution in [2.75, 3.05) is 26.0 Å². The van der Waals surface area contributed by atoms with Crippen molar-refractivity contribution in [2.24, 2.45) is 5.92 Å². The molecule has 0 bridgehead atoms. The molecule has 0 aromatic heterocycles. The van der Waals surface area contributed by atoms with Crippen molar-refractivity contribution >= 4 is 11.7 Å². The minimum atomic E-state index is -0.0793. The van der Waals surface area contributed by atoms with Crippen molar-refractivity contribution in [3.63, 3.8) is 0 Å². The summed E-state index contributed by atoms with van der Waals surface area (Å²) in [6, 6.07) is 8.27. The van der Waals surface area contributed by atoms with Crippen LogP contribution in [0.3, 0.4) is 0 Å². The number of carbonyl (C=O) groups is 1. The maximum Gasteiger partial charge on any atom is 0.319 e. The molecular weight excluding hydrogens is 274 g/mol. The van der Waals surface area contributed by atoms with Gasteiger partial charge < -0.3 is 15.5 Å². The molecule has 0 heterocycles. The Labute approximate surface area is 134 Å². The highest BCUT2D eigenvalue weighted by Crippen LogP contribution is 2.24. The molecule has 0 saturated heterocycles. The van der Waals surface area contributed by atoms with Gasteiger partial charge in [-0.3, -0.25) is 0 Å². The average Bonchev–Trinajstić information content (AvgIpc) is 2.49. The lowest BCUT2D eigenvalue weighted by atomic mass is 9.86. The lowest BCUT2D eigenvalue weighted by Crippen LogP contribution is -2.41. The zero-order valence-electron chi connectivity index (χ0n) is 14.1. The van der Waals surface area contributed by atoms with Crippen LogP contribution < -0.4 is 10.6 Å². The fourth-order valence-corrected chi connectivity index (χ4v) is 3.23. The highest BCUT2D eigenvalue weighted by atomic mass is 16.2. The number of carbonyl (C=O) groups excluding carboxylic acids is 1. The summed E-state index contributed by atoms with van der Waals surface area (Å²) in [5.41, 5.74) is 2.11.